The number of pyridine rings is 2. The fraction of sp³-hybridized carbons (Fsp3) is 0.488. The molecule has 8 nitrogen and oxygen atoms in total. The third-order valence-corrected chi connectivity index (χ3v) is 18.0. The summed E-state index contributed by atoms with van der Waals surface area (Å²) in [6.07, 6.45) is 2.91. The molecule has 0 saturated carbocycles. The second kappa shape index (κ2) is 14.3. The Hall–Kier alpha value is -4.56. The van der Waals surface area contributed by atoms with E-state index >= 15 is 8.78 Å². The first-order chi connectivity index (χ1) is 25.3. The molecule has 0 spiro atoms. The van der Waals surface area contributed by atoms with Gasteiger partial charge < -0.3 is 14.7 Å². The van der Waals surface area contributed by atoms with Crippen LogP contribution in [0.4, 0.5) is 19.4 Å². The van der Waals surface area contributed by atoms with Crippen LogP contribution in [0.5, 0.6) is 0 Å². The zero-order valence-corrected chi connectivity index (χ0v) is 34.3. The van der Waals surface area contributed by atoms with Crippen LogP contribution in [-0.4, -0.2) is 70.9 Å². The highest BCUT2D eigenvalue weighted by molar-refractivity contribution is 6.90. The van der Waals surface area contributed by atoms with E-state index in [-0.39, 0.29) is 40.6 Å². The largest absolute Gasteiger partial charge is 0.478 e. The Morgan fingerprint density at radius 3 is 2.13 bits per heavy atom. The number of halogens is 2. The van der Waals surface area contributed by atoms with Crippen LogP contribution in [0.1, 0.15) is 102 Å². The number of fused-ring (bicyclic) bond motifs is 4. The first-order valence-corrected chi connectivity index (χ1v) is 21.2. The Kier molecular flexibility index (Phi) is 10.3. The molecule has 286 valence electrons. The van der Waals surface area contributed by atoms with E-state index in [4.69, 9.17) is 9.72 Å². The molecule has 2 aromatic carbocycles. The Bertz CT molecular complexity index is 2200. The molecule has 2 aliphatic heterocycles. The fourth-order valence-corrected chi connectivity index (χ4v) is 14.3. The summed E-state index contributed by atoms with van der Waals surface area (Å²) in [6.45, 7) is 23.3. The van der Waals surface area contributed by atoms with Crippen LogP contribution in [-0.2, 0) is 4.74 Å². The predicted molar refractivity (Wildman–Crippen MR) is 214 cm³/mol. The standard InChI is InChI=1S/C43H52F2N4O4Si/c1-23(2)54(24(3)4,25(5)6)17-16-32-35(44)15-12-28-18-29(41(50)51)19-33(37(28)32)39-38(45)36-26(7)27(8)47-40(34(36)20-46-39)48-21-30-13-14-31(22-48)49(30)42(52)53-43(9,10)11/h12,15,18-20,23-25,30-31H,13-14,21-22H2,1-11H3,(H,50,51). The van der Waals surface area contributed by atoms with Crippen molar-refractivity contribution in [1.29, 1.82) is 0 Å². The number of aromatic carboxylic acids is 1. The summed E-state index contributed by atoms with van der Waals surface area (Å²) in [5, 5.41) is 11.7. The van der Waals surface area contributed by atoms with Crippen molar-refractivity contribution in [1.82, 2.24) is 14.9 Å². The Morgan fingerprint density at radius 1 is 0.963 bits per heavy atom. The predicted octanol–water partition coefficient (Wildman–Crippen LogP) is 10.2. The van der Waals surface area contributed by atoms with Crippen LogP contribution >= 0.6 is 0 Å². The fourth-order valence-electron chi connectivity index (χ4n) is 9.10. The molecule has 2 fully saturated rings. The lowest BCUT2D eigenvalue weighted by atomic mass is 9.93. The molecule has 6 rings (SSSR count). The summed E-state index contributed by atoms with van der Waals surface area (Å²) in [5.74, 6) is 1.43. The van der Waals surface area contributed by atoms with E-state index in [9.17, 15) is 14.7 Å². The van der Waals surface area contributed by atoms with Gasteiger partial charge in [0.15, 0.2) is 5.82 Å². The molecule has 0 radical (unpaired) electrons. The van der Waals surface area contributed by atoms with E-state index in [0.717, 1.165) is 12.8 Å². The van der Waals surface area contributed by atoms with Crippen molar-refractivity contribution in [2.24, 2.45) is 0 Å². The van der Waals surface area contributed by atoms with Crippen LogP contribution in [0.2, 0.25) is 16.6 Å². The molecule has 11 heteroatoms. The van der Waals surface area contributed by atoms with Crippen LogP contribution in [0, 0.1) is 36.9 Å². The van der Waals surface area contributed by atoms with Crippen molar-refractivity contribution < 1.29 is 28.2 Å². The lowest BCUT2D eigenvalue weighted by Crippen LogP contribution is -2.57. The molecule has 4 aromatic rings. The van der Waals surface area contributed by atoms with Crippen LogP contribution in [0.3, 0.4) is 0 Å². The van der Waals surface area contributed by atoms with Crippen molar-refractivity contribution in [3.8, 4) is 22.7 Å². The summed E-state index contributed by atoms with van der Waals surface area (Å²) in [4.78, 5) is 39.2. The summed E-state index contributed by atoms with van der Waals surface area (Å²) >= 11 is 0. The molecular formula is C43H52F2N4O4Si. The number of piperazine rings is 1. The molecular weight excluding hydrogens is 703 g/mol. The second-order valence-corrected chi connectivity index (χ2v) is 22.6. The molecule has 2 saturated heterocycles. The number of anilines is 1. The van der Waals surface area contributed by atoms with Gasteiger partial charge in [0.2, 0.25) is 0 Å². The first-order valence-electron chi connectivity index (χ1n) is 19.0. The Labute approximate surface area is 318 Å². The lowest BCUT2D eigenvalue weighted by Gasteiger charge is -2.42. The van der Waals surface area contributed by atoms with Gasteiger partial charge in [0, 0.05) is 46.7 Å². The Balaban J connectivity index is 1.54. The van der Waals surface area contributed by atoms with E-state index in [1.54, 1.807) is 6.20 Å². The van der Waals surface area contributed by atoms with Gasteiger partial charge in [0.05, 0.1) is 23.2 Å². The van der Waals surface area contributed by atoms with Crippen LogP contribution in [0.25, 0.3) is 32.8 Å². The van der Waals surface area contributed by atoms with Gasteiger partial charge in [0.25, 0.3) is 0 Å². The maximum absolute atomic E-state index is 17.4. The third-order valence-electron chi connectivity index (χ3n) is 11.7. The summed E-state index contributed by atoms with van der Waals surface area (Å²) in [7, 11) is -2.31. The number of amides is 1. The highest BCUT2D eigenvalue weighted by Crippen LogP contribution is 2.43. The van der Waals surface area contributed by atoms with E-state index in [1.165, 1.54) is 24.3 Å². The van der Waals surface area contributed by atoms with E-state index in [1.807, 2.05) is 39.5 Å². The molecule has 2 aromatic heterocycles. The normalized spacial score (nSPS) is 17.6. The number of rotatable bonds is 6. The van der Waals surface area contributed by atoms with Crippen LogP contribution < -0.4 is 4.90 Å². The van der Waals surface area contributed by atoms with E-state index in [2.05, 4.69) is 62.9 Å². The second-order valence-electron chi connectivity index (χ2n) is 17.0. The van der Waals surface area contributed by atoms with Gasteiger partial charge in [0.1, 0.15) is 31.0 Å². The SMILES string of the molecule is Cc1nc(N2CC3CCC(C2)N3C(=O)OC(C)(C)C)c2cnc(-c3cc(C(=O)O)cc4ccc(F)c(C#C[Si](C(C)C)(C(C)C)C(C)C)c34)c(F)c2c1C. The smallest absolute Gasteiger partial charge is 0.410 e. The molecule has 4 heterocycles. The minimum atomic E-state index is -2.31. The molecule has 1 amide bonds. The van der Waals surface area contributed by atoms with Crippen LogP contribution in [0.15, 0.2) is 30.5 Å². The molecule has 2 unspecified atom stereocenters. The number of nitrogens with zero attached hydrogens (tertiary/aromatic N) is 4. The highest BCUT2D eigenvalue weighted by Gasteiger charge is 2.45. The van der Waals surface area contributed by atoms with E-state index < -0.39 is 31.3 Å². The Morgan fingerprint density at radius 2 is 1.57 bits per heavy atom. The number of carbonyl (C=O) groups is 2. The average Bonchev–Trinajstić information content (AvgIpc) is 3.35. The number of hydrogen-bond acceptors (Lipinski definition) is 6. The molecule has 54 heavy (non-hydrogen) atoms. The van der Waals surface area contributed by atoms with Crippen molar-refractivity contribution in [3.05, 3.63) is 64.5 Å². The van der Waals surface area contributed by atoms with Gasteiger partial charge in [-0.3, -0.25) is 9.88 Å². The highest BCUT2D eigenvalue weighted by atomic mass is 28.3. The average molecular weight is 755 g/mol. The maximum atomic E-state index is 17.4. The minimum absolute atomic E-state index is 0.0683. The van der Waals surface area contributed by atoms with Gasteiger partial charge in [-0.2, -0.15) is 0 Å². The van der Waals surface area contributed by atoms with Gasteiger partial charge >= 0.3 is 12.1 Å². The number of aromatic nitrogens is 2. The number of carbonyl (C=O) groups excluding carboxylic acids is 1. The van der Waals surface area contributed by atoms with E-state index in [0.29, 0.717) is 68.3 Å². The quantitative estimate of drug-likeness (QED) is 0.155. The maximum Gasteiger partial charge on any atom is 0.410 e. The zero-order valence-electron chi connectivity index (χ0n) is 33.3. The van der Waals surface area contributed by atoms with Gasteiger partial charge in [-0.15, -0.1) is 5.54 Å². The number of benzene rings is 2. The van der Waals surface area contributed by atoms with Gasteiger partial charge in [-0.05, 0) is 93.2 Å². The summed E-state index contributed by atoms with van der Waals surface area (Å²) < 4.78 is 39.2. The molecule has 0 aliphatic carbocycles. The third kappa shape index (κ3) is 6.71. The number of ether oxygens (including phenoxy) is 1. The molecule has 2 aliphatic rings. The van der Waals surface area contributed by atoms with Crippen molar-refractivity contribution in [3.63, 3.8) is 0 Å². The number of carboxylic acids is 1. The molecule has 2 atom stereocenters. The number of aryl methyl sites for hydroxylation is 2. The van der Waals surface area contributed by atoms with Crippen molar-refractivity contribution in [2.75, 3.05) is 18.0 Å². The van der Waals surface area contributed by atoms with Crippen molar-refractivity contribution in [2.45, 2.75) is 123 Å². The topological polar surface area (TPSA) is 95.9 Å². The number of carboxylic acid groups (broad SMARTS) is 1. The molecule has 1 N–H and O–H groups in total. The lowest BCUT2D eigenvalue weighted by molar-refractivity contribution is 0.0122. The summed E-state index contributed by atoms with van der Waals surface area (Å²) in [6, 6.07) is 5.51. The first kappa shape index (κ1) is 39.1. The molecule has 2 bridgehead atoms. The van der Waals surface area contributed by atoms with Crippen molar-refractivity contribution >= 4 is 47.5 Å². The monoisotopic (exact) mass is 754 g/mol. The minimum Gasteiger partial charge on any atom is -0.478 e. The van der Waals surface area contributed by atoms with Gasteiger partial charge in [-0.25, -0.2) is 23.4 Å². The summed E-state index contributed by atoms with van der Waals surface area (Å²) in [5.41, 5.74) is 5.26. The number of hydrogen-bond donors (Lipinski definition) is 1. The zero-order chi connectivity index (χ0) is 39.6. The van der Waals surface area contributed by atoms with Gasteiger partial charge in [-0.1, -0.05) is 53.5 Å².